The van der Waals surface area contributed by atoms with Crippen molar-refractivity contribution in [1.82, 2.24) is 0 Å². The van der Waals surface area contributed by atoms with E-state index < -0.39 is 17.5 Å². The van der Waals surface area contributed by atoms with Crippen LogP contribution in [0.2, 0.25) is 0 Å². The number of hydrogen-bond acceptors (Lipinski definition) is 5. The van der Waals surface area contributed by atoms with Crippen LogP contribution in [0.25, 0.3) is 0 Å². The molecule has 2 N–H and O–H groups in total. The summed E-state index contributed by atoms with van der Waals surface area (Å²) in [5.74, 6) is 0.0377. The van der Waals surface area contributed by atoms with Crippen LogP contribution < -0.4 is 15.4 Å². The molecule has 0 aliphatic carbocycles. The van der Waals surface area contributed by atoms with Crippen molar-refractivity contribution in [3.05, 3.63) is 48.3 Å². The lowest BCUT2D eigenvalue weighted by molar-refractivity contribution is -0.113. The minimum Gasteiger partial charge on any atom is -0.497 e. The Morgan fingerprint density at radius 1 is 1.07 bits per heavy atom. The van der Waals surface area contributed by atoms with E-state index in [9.17, 15) is 14.0 Å². The van der Waals surface area contributed by atoms with Crippen LogP contribution in [0.5, 0.6) is 5.75 Å². The van der Waals surface area contributed by atoms with Gasteiger partial charge in [-0.25, -0.2) is 9.18 Å². The first-order valence-electron chi connectivity index (χ1n) is 8.52. The molecule has 0 saturated carbocycles. The van der Waals surface area contributed by atoms with Crippen molar-refractivity contribution in [3.63, 3.8) is 0 Å². The lowest BCUT2D eigenvalue weighted by Crippen LogP contribution is -2.27. The molecule has 0 spiro atoms. The van der Waals surface area contributed by atoms with E-state index in [1.54, 1.807) is 27.9 Å². The number of thioether (sulfide) groups is 1. The van der Waals surface area contributed by atoms with Crippen LogP contribution >= 0.6 is 11.8 Å². The third-order valence-corrected chi connectivity index (χ3v) is 4.33. The summed E-state index contributed by atoms with van der Waals surface area (Å²) in [4.78, 5) is 24.9. The van der Waals surface area contributed by atoms with E-state index in [2.05, 4.69) is 10.6 Å². The summed E-state index contributed by atoms with van der Waals surface area (Å²) in [6.45, 7) is 5.13. The highest BCUT2D eigenvalue weighted by Crippen LogP contribution is 2.23. The summed E-state index contributed by atoms with van der Waals surface area (Å²) in [6.07, 6.45) is -0.773. The number of nitrogens with one attached hydrogen (secondary N) is 2. The molecular formula is C20H23FN2O4S. The molecule has 150 valence electrons. The number of rotatable bonds is 6. The zero-order chi connectivity index (χ0) is 20.7. The van der Waals surface area contributed by atoms with E-state index in [-0.39, 0.29) is 17.3 Å². The molecule has 2 amide bonds. The topological polar surface area (TPSA) is 76.7 Å². The lowest BCUT2D eigenvalue weighted by Gasteiger charge is -2.20. The normalized spacial score (nSPS) is 10.9. The molecule has 0 atom stereocenters. The zero-order valence-corrected chi connectivity index (χ0v) is 17.0. The Kier molecular flexibility index (Phi) is 7.28. The van der Waals surface area contributed by atoms with E-state index in [0.717, 1.165) is 10.6 Å². The molecule has 0 bridgehead atoms. The van der Waals surface area contributed by atoms with Gasteiger partial charge in [0.05, 0.1) is 18.6 Å². The molecule has 0 unspecified atom stereocenters. The summed E-state index contributed by atoms with van der Waals surface area (Å²) in [7, 11) is 1.59. The highest BCUT2D eigenvalue weighted by molar-refractivity contribution is 8.00. The average molecular weight is 406 g/mol. The van der Waals surface area contributed by atoms with Gasteiger partial charge in [-0.1, -0.05) is 0 Å². The summed E-state index contributed by atoms with van der Waals surface area (Å²) in [5.41, 5.74) is -0.409. The van der Waals surface area contributed by atoms with Crippen molar-refractivity contribution in [2.75, 3.05) is 23.5 Å². The minimum atomic E-state index is -0.773. The molecule has 0 aliphatic rings. The SMILES string of the molecule is COc1ccc(SCC(=O)Nc2ccc(F)c(NC(=O)OC(C)(C)C)c2)cc1. The van der Waals surface area contributed by atoms with Crippen LogP contribution in [0.1, 0.15) is 20.8 Å². The summed E-state index contributed by atoms with van der Waals surface area (Å²) < 4.78 is 24.1. The first-order valence-corrected chi connectivity index (χ1v) is 9.51. The van der Waals surface area contributed by atoms with Gasteiger partial charge in [0.15, 0.2) is 0 Å². The van der Waals surface area contributed by atoms with Gasteiger partial charge < -0.3 is 14.8 Å². The molecule has 6 nitrogen and oxygen atoms in total. The predicted molar refractivity (Wildman–Crippen MR) is 109 cm³/mol. The average Bonchev–Trinajstić information content (AvgIpc) is 2.61. The molecule has 0 aromatic heterocycles. The van der Waals surface area contributed by atoms with E-state index in [0.29, 0.717) is 5.69 Å². The van der Waals surface area contributed by atoms with E-state index >= 15 is 0 Å². The number of anilines is 2. The second kappa shape index (κ2) is 9.45. The van der Waals surface area contributed by atoms with Gasteiger partial charge in [0.1, 0.15) is 17.2 Å². The second-order valence-corrected chi connectivity index (χ2v) is 7.88. The molecule has 0 heterocycles. The van der Waals surface area contributed by atoms with Gasteiger partial charge in [-0.15, -0.1) is 11.8 Å². The van der Waals surface area contributed by atoms with Gasteiger partial charge >= 0.3 is 6.09 Å². The predicted octanol–water partition coefficient (Wildman–Crippen LogP) is 4.91. The third-order valence-electron chi connectivity index (χ3n) is 3.32. The number of carbonyl (C=O) groups excluding carboxylic acids is 2. The standard InChI is InChI=1S/C20H23FN2O4S/c1-20(2,3)27-19(25)23-17-11-13(5-10-16(17)21)22-18(24)12-28-15-8-6-14(26-4)7-9-15/h5-11H,12H2,1-4H3,(H,22,24)(H,23,25). The fourth-order valence-corrected chi connectivity index (χ4v) is 2.83. The summed E-state index contributed by atoms with van der Waals surface area (Å²) >= 11 is 1.36. The summed E-state index contributed by atoms with van der Waals surface area (Å²) in [6, 6.07) is 11.3. The fraction of sp³-hybridized carbons (Fsp3) is 0.300. The highest BCUT2D eigenvalue weighted by atomic mass is 32.2. The van der Waals surface area contributed by atoms with E-state index in [4.69, 9.17) is 9.47 Å². The molecular weight excluding hydrogens is 383 g/mol. The van der Waals surface area contributed by atoms with Crippen molar-refractivity contribution in [2.45, 2.75) is 31.3 Å². The van der Waals surface area contributed by atoms with Gasteiger partial charge in [0, 0.05) is 10.6 Å². The van der Waals surface area contributed by atoms with Crippen LogP contribution in [0.15, 0.2) is 47.4 Å². The van der Waals surface area contributed by atoms with Crippen LogP contribution in [-0.2, 0) is 9.53 Å². The molecule has 0 radical (unpaired) electrons. The Morgan fingerprint density at radius 2 is 1.75 bits per heavy atom. The van der Waals surface area contributed by atoms with Gasteiger partial charge in [-0.3, -0.25) is 10.1 Å². The fourth-order valence-electron chi connectivity index (χ4n) is 2.13. The number of ether oxygens (including phenoxy) is 2. The summed E-state index contributed by atoms with van der Waals surface area (Å²) in [5, 5.41) is 5.03. The van der Waals surface area contributed by atoms with Gasteiger partial charge in [0.2, 0.25) is 5.91 Å². The van der Waals surface area contributed by atoms with Crippen molar-refractivity contribution < 1.29 is 23.5 Å². The van der Waals surface area contributed by atoms with Gasteiger partial charge in [-0.05, 0) is 63.2 Å². The smallest absolute Gasteiger partial charge is 0.412 e. The Morgan fingerprint density at radius 3 is 2.36 bits per heavy atom. The zero-order valence-electron chi connectivity index (χ0n) is 16.2. The number of hydrogen-bond donors (Lipinski definition) is 2. The maximum Gasteiger partial charge on any atom is 0.412 e. The molecule has 8 heteroatoms. The second-order valence-electron chi connectivity index (χ2n) is 6.83. The van der Waals surface area contributed by atoms with E-state index in [1.807, 2.05) is 24.3 Å². The first-order chi connectivity index (χ1) is 13.2. The largest absolute Gasteiger partial charge is 0.497 e. The Hall–Kier alpha value is -2.74. The van der Waals surface area contributed by atoms with Crippen molar-refractivity contribution in [2.24, 2.45) is 0 Å². The number of carbonyl (C=O) groups is 2. The maximum atomic E-state index is 13.9. The van der Waals surface area contributed by atoms with Crippen molar-refractivity contribution in [3.8, 4) is 5.75 Å². The molecule has 2 aromatic carbocycles. The molecule has 2 rings (SSSR count). The Bertz CT molecular complexity index is 835. The van der Waals surface area contributed by atoms with Gasteiger partial charge in [-0.2, -0.15) is 0 Å². The number of amides is 2. The molecule has 0 saturated heterocycles. The molecule has 2 aromatic rings. The monoisotopic (exact) mass is 406 g/mol. The van der Waals surface area contributed by atoms with Crippen molar-refractivity contribution in [1.29, 1.82) is 0 Å². The third kappa shape index (κ3) is 7.11. The maximum absolute atomic E-state index is 13.9. The molecule has 28 heavy (non-hydrogen) atoms. The quantitative estimate of drug-likeness (QED) is 0.667. The van der Waals surface area contributed by atoms with Gasteiger partial charge in [0.25, 0.3) is 0 Å². The van der Waals surface area contributed by atoms with Crippen LogP contribution in [-0.4, -0.2) is 30.5 Å². The van der Waals surface area contributed by atoms with E-state index in [1.165, 1.54) is 30.0 Å². The Labute approximate surface area is 167 Å². The first kappa shape index (κ1) is 21.6. The minimum absolute atomic E-state index is 0.0742. The molecule has 0 aliphatic heterocycles. The number of halogens is 1. The van der Waals surface area contributed by atoms with Crippen LogP contribution in [0.3, 0.4) is 0 Å². The van der Waals surface area contributed by atoms with Crippen LogP contribution in [0, 0.1) is 5.82 Å². The number of methoxy groups -OCH3 is 1. The number of benzene rings is 2. The molecule has 0 fully saturated rings. The van der Waals surface area contributed by atoms with Crippen molar-refractivity contribution >= 4 is 35.1 Å². The van der Waals surface area contributed by atoms with Crippen LogP contribution in [0.4, 0.5) is 20.6 Å². The highest BCUT2D eigenvalue weighted by Gasteiger charge is 2.17. The Balaban J connectivity index is 1.93. The lowest BCUT2D eigenvalue weighted by atomic mass is 10.2.